The first kappa shape index (κ1) is 18.5. The number of aromatic nitrogens is 2. The predicted molar refractivity (Wildman–Crippen MR) is 91.0 cm³/mol. The molecule has 0 saturated heterocycles. The number of carboxylic acid groups (broad SMARTS) is 2. The van der Waals surface area contributed by atoms with Gasteiger partial charge < -0.3 is 19.8 Å². The second-order valence-electron chi connectivity index (χ2n) is 5.09. The van der Waals surface area contributed by atoms with Crippen LogP contribution in [-0.4, -0.2) is 11.9 Å². The van der Waals surface area contributed by atoms with E-state index in [4.69, 9.17) is 19.8 Å². The molecule has 2 aromatic carbocycles. The number of aromatic amines is 2. The Hall–Kier alpha value is -3.80. The van der Waals surface area contributed by atoms with E-state index in [0.29, 0.717) is 0 Å². The number of nitrogens with one attached hydrogen (secondary N) is 2. The van der Waals surface area contributed by atoms with Crippen molar-refractivity contribution in [2.45, 2.75) is 0 Å². The van der Waals surface area contributed by atoms with Crippen molar-refractivity contribution in [3.8, 4) is 0 Å². The summed E-state index contributed by atoms with van der Waals surface area (Å²) in [7, 11) is 0. The topological polar surface area (TPSA) is 109 Å². The lowest BCUT2D eigenvalue weighted by atomic mass is 10.2. The van der Waals surface area contributed by atoms with E-state index in [2.05, 4.69) is 46.4 Å². The number of carbonyl (C=O) groups is 2. The fraction of sp³-hybridized carbons (Fsp3) is 0. The van der Waals surface area contributed by atoms with Gasteiger partial charge in [-0.1, -0.05) is 24.3 Å². The van der Waals surface area contributed by atoms with Gasteiger partial charge in [0.2, 0.25) is 11.0 Å². The molecule has 130 valence electrons. The minimum Gasteiger partial charge on any atom is -0.543 e. The second-order valence-corrected chi connectivity index (χ2v) is 5.09. The normalized spacial score (nSPS) is 9.38. The molecule has 6 heteroatoms. The summed E-state index contributed by atoms with van der Waals surface area (Å²) in [6, 6.07) is 24.6. The Kier molecular flexibility index (Phi) is 6.76. The van der Waals surface area contributed by atoms with Gasteiger partial charge in [0.1, 0.15) is 0 Å². The Bertz CT molecular complexity index is 804. The van der Waals surface area contributed by atoms with Crippen LogP contribution < -0.4 is 20.2 Å². The fourth-order valence-electron chi connectivity index (χ4n) is 2.13. The number of H-pyrrole nitrogens is 2. The predicted octanol–water partition coefficient (Wildman–Crippen LogP) is -0.206. The number of hydrogen-bond acceptors (Lipinski definition) is 4. The van der Waals surface area contributed by atoms with Crippen LogP contribution in [0.1, 0.15) is 0 Å². The quantitative estimate of drug-likeness (QED) is 0.410. The molecule has 0 aliphatic rings. The molecule has 0 bridgehead atoms. The van der Waals surface area contributed by atoms with Crippen LogP contribution in [0.15, 0.2) is 85.2 Å². The van der Waals surface area contributed by atoms with Crippen LogP contribution in [-0.2, 0) is 9.59 Å². The van der Waals surface area contributed by atoms with Crippen molar-refractivity contribution in [2.24, 2.45) is 0 Å². The van der Waals surface area contributed by atoms with Crippen LogP contribution in [0, 0.1) is 0 Å². The number of benzene rings is 2. The summed E-state index contributed by atoms with van der Waals surface area (Å²) in [5, 5.41) is 20.4. The number of fused-ring (bicyclic) bond motifs is 2. The third-order valence-corrected chi connectivity index (χ3v) is 3.31. The first-order valence-corrected chi connectivity index (χ1v) is 7.71. The van der Waals surface area contributed by atoms with E-state index >= 15 is 0 Å². The van der Waals surface area contributed by atoms with Crippen molar-refractivity contribution in [1.29, 1.82) is 0 Å². The second kappa shape index (κ2) is 9.48. The molecule has 6 nitrogen and oxygen atoms in total. The van der Waals surface area contributed by atoms with Gasteiger partial charge in [0.05, 0.1) is 11.9 Å². The molecule has 0 radical (unpaired) electrons. The Morgan fingerprint density at radius 1 is 0.577 bits per heavy atom. The SMILES string of the molecule is O=C([O-])C(=O)[O-].c1ccc2[nH+]cccc2c1.c1ccc2[nH+]cccc2c1. The fourth-order valence-corrected chi connectivity index (χ4v) is 2.13. The standard InChI is InChI=1S/2C9H7N.C2H2O4/c2*1-2-6-9-8(4-1)5-3-7-10-9;3-1(4)2(5)6/h2*1-7H;(H,3,4)(H,5,6). The number of hydrogen-bond donors (Lipinski definition) is 0. The maximum atomic E-state index is 8.93. The summed E-state index contributed by atoms with van der Waals surface area (Å²) in [5.41, 5.74) is 2.37. The first-order valence-electron chi connectivity index (χ1n) is 7.71. The van der Waals surface area contributed by atoms with E-state index in [0.717, 1.165) is 0 Å². The highest BCUT2D eigenvalue weighted by Gasteiger charge is 1.93. The summed E-state index contributed by atoms with van der Waals surface area (Å²) in [6.07, 6.45) is 3.87. The van der Waals surface area contributed by atoms with Crippen molar-refractivity contribution in [2.75, 3.05) is 0 Å². The molecule has 0 fully saturated rings. The van der Waals surface area contributed by atoms with E-state index in [1.54, 1.807) is 0 Å². The number of aliphatic carboxylic acids is 2. The molecule has 0 atom stereocenters. The number of pyridine rings is 2. The monoisotopic (exact) mass is 348 g/mol. The average Bonchev–Trinajstić information content (AvgIpc) is 2.69. The minimum atomic E-state index is -2.19. The highest BCUT2D eigenvalue weighted by molar-refractivity contribution is 6.25. The van der Waals surface area contributed by atoms with Crippen molar-refractivity contribution in [3.05, 3.63) is 85.2 Å². The van der Waals surface area contributed by atoms with E-state index in [-0.39, 0.29) is 0 Å². The van der Waals surface area contributed by atoms with Gasteiger partial charge in [0, 0.05) is 35.0 Å². The molecule has 4 rings (SSSR count). The third-order valence-electron chi connectivity index (χ3n) is 3.31. The molecule has 0 aliphatic heterocycles. The van der Waals surface area contributed by atoms with Crippen LogP contribution in [0.2, 0.25) is 0 Å². The molecule has 0 spiro atoms. The zero-order valence-electron chi connectivity index (χ0n) is 13.7. The largest absolute Gasteiger partial charge is 0.543 e. The first-order chi connectivity index (χ1) is 12.6. The Labute approximate surface area is 149 Å². The van der Waals surface area contributed by atoms with Gasteiger partial charge in [-0.25, -0.2) is 9.97 Å². The molecule has 2 aromatic heterocycles. The summed E-state index contributed by atoms with van der Waals surface area (Å²) in [5.74, 6) is -4.37. The van der Waals surface area contributed by atoms with Gasteiger partial charge in [-0.15, -0.1) is 0 Å². The van der Waals surface area contributed by atoms with E-state index in [9.17, 15) is 0 Å². The lowest BCUT2D eigenvalue weighted by Crippen LogP contribution is -2.42. The van der Waals surface area contributed by atoms with Crippen molar-refractivity contribution >= 4 is 33.7 Å². The van der Waals surface area contributed by atoms with E-state index < -0.39 is 11.9 Å². The van der Waals surface area contributed by atoms with Crippen molar-refractivity contribution < 1.29 is 29.8 Å². The summed E-state index contributed by atoms with van der Waals surface area (Å²) in [4.78, 5) is 24.2. The van der Waals surface area contributed by atoms with Gasteiger partial charge in [0.15, 0.2) is 12.4 Å². The smallest absolute Gasteiger partial charge is 0.210 e. The Morgan fingerprint density at radius 3 is 1.27 bits per heavy atom. The van der Waals surface area contributed by atoms with Crippen molar-refractivity contribution in [1.82, 2.24) is 0 Å². The van der Waals surface area contributed by atoms with E-state index in [1.807, 2.05) is 48.8 Å². The molecular weight excluding hydrogens is 332 g/mol. The molecule has 0 aliphatic carbocycles. The van der Waals surface area contributed by atoms with Crippen LogP contribution in [0.4, 0.5) is 0 Å². The molecule has 0 saturated carbocycles. The summed E-state index contributed by atoms with van der Waals surface area (Å²) in [6.45, 7) is 0. The number of para-hydroxylation sites is 2. The highest BCUT2D eigenvalue weighted by Crippen LogP contribution is 2.05. The number of carboxylic acids is 2. The van der Waals surface area contributed by atoms with Gasteiger partial charge in [-0.3, -0.25) is 0 Å². The van der Waals surface area contributed by atoms with Crippen LogP contribution >= 0.6 is 0 Å². The third kappa shape index (κ3) is 5.68. The average molecular weight is 348 g/mol. The van der Waals surface area contributed by atoms with Gasteiger partial charge in [0.25, 0.3) is 0 Å². The zero-order chi connectivity index (χ0) is 18.8. The van der Waals surface area contributed by atoms with Crippen molar-refractivity contribution in [3.63, 3.8) is 0 Å². The molecular formula is C20H16N2O4. The molecule has 0 amide bonds. The molecule has 26 heavy (non-hydrogen) atoms. The molecule has 0 unspecified atom stereocenters. The summed E-state index contributed by atoms with van der Waals surface area (Å²) < 4.78 is 0. The van der Waals surface area contributed by atoms with Crippen LogP contribution in [0.3, 0.4) is 0 Å². The zero-order valence-corrected chi connectivity index (χ0v) is 13.7. The van der Waals surface area contributed by atoms with Gasteiger partial charge in [-0.05, 0) is 24.3 Å². The maximum Gasteiger partial charge on any atom is 0.210 e. The minimum absolute atomic E-state index is 1.19. The number of rotatable bonds is 0. The molecule has 2 heterocycles. The number of carbonyl (C=O) groups excluding carboxylic acids is 2. The molecule has 2 N–H and O–H groups in total. The van der Waals surface area contributed by atoms with E-state index in [1.165, 1.54) is 21.8 Å². The Balaban J connectivity index is 0.000000146. The lowest BCUT2D eigenvalue weighted by molar-refractivity contribution is -0.345. The summed E-state index contributed by atoms with van der Waals surface area (Å²) >= 11 is 0. The van der Waals surface area contributed by atoms with Gasteiger partial charge in [-0.2, -0.15) is 0 Å². The van der Waals surface area contributed by atoms with Gasteiger partial charge >= 0.3 is 0 Å². The lowest BCUT2D eigenvalue weighted by Gasteiger charge is -1.97. The highest BCUT2D eigenvalue weighted by atomic mass is 16.4. The molecule has 4 aromatic rings. The van der Waals surface area contributed by atoms with Crippen LogP contribution in [0.25, 0.3) is 21.8 Å². The maximum absolute atomic E-state index is 8.93. The van der Waals surface area contributed by atoms with Crippen LogP contribution in [0.5, 0.6) is 0 Å². The Morgan fingerprint density at radius 2 is 0.923 bits per heavy atom.